The minimum atomic E-state index is -1.29. The highest BCUT2D eigenvalue weighted by molar-refractivity contribution is 5.62. The molecule has 0 heterocycles. The average Bonchev–Trinajstić information content (AvgIpc) is 2.79. The molecule has 2 aromatic carbocycles. The fraction of sp³-hybridized carbons (Fsp3) is 0.500. The van der Waals surface area contributed by atoms with Gasteiger partial charge in [0.25, 0.3) is 0 Å². The summed E-state index contributed by atoms with van der Waals surface area (Å²) in [5.41, 5.74) is 3.89. The van der Waals surface area contributed by atoms with Crippen molar-refractivity contribution in [2.45, 2.75) is 60.3 Å². The first-order valence-corrected chi connectivity index (χ1v) is 12.3. The summed E-state index contributed by atoms with van der Waals surface area (Å²) in [6.07, 6.45) is 0.894. The van der Waals surface area contributed by atoms with Crippen LogP contribution in [0.1, 0.15) is 55.9 Å². The third-order valence-electron chi connectivity index (χ3n) is 4.95. The third-order valence-corrected chi connectivity index (χ3v) is 4.95. The predicted molar refractivity (Wildman–Crippen MR) is 138 cm³/mol. The Labute approximate surface area is 214 Å². The van der Waals surface area contributed by atoms with Crippen LogP contribution in [0.3, 0.4) is 0 Å². The summed E-state index contributed by atoms with van der Waals surface area (Å²) in [5.74, 6) is 1.28. The zero-order chi connectivity index (χ0) is 26.9. The molecule has 0 aliphatic rings. The van der Waals surface area contributed by atoms with Crippen molar-refractivity contribution >= 4 is 12.3 Å². The Hall–Kier alpha value is -3.10. The summed E-state index contributed by atoms with van der Waals surface area (Å²) < 4.78 is 20.4. The molecule has 0 amide bonds. The molecule has 0 spiro atoms. The van der Waals surface area contributed by atoms with Crippen LogP contribution < -0.4 is 9.47 Å². The quantitative estimate of drug-likeness (QED) is 0.177. The van der Waals surface area contributed by atoms with E-state index < -0.39 is 12.3 Å². The molecule has 0 aliphatic heterocycles. The smallest absolute Gasteiger partial charge is 0.449 e. The van der Waals surface area contributed by atoms with Gasteiger partial charge in [-0.1, -0.05) is 62.6 Å². The van der Waals surface area contributed by atoms with Crippen molar-refractivity contribution in [2.24, 2.45) is 5.92 Å². The van der Waals surface area contributed by atoms with Gasteiger partial charge in [0.2, 0.25) is 0 Å². The Kier molecular flexibility index (Phi) is 14.9. The van der Waals surface area contributed by atoms with Crippen LogP contribution in [0.5, 0.6) is 11.5 Å². The Morgan fingerprint density at radius 3 is 1.67 bits per heavy atom. The van der Waals surface area contributed by atoms with Gasteiger partial charge in [0, 0.05) is 13.2 Å². The van der Waals surface area contributed by atoms with Gasteiger partial charge in [-0.05, 0) is 62.3 Å². The fourth-order valence-corrected chi connectivity index (χ4v) is 3.23. The molecule has 0 atom stereocenters. The van der Waals surface area contributed by atoms with Crippen LogP contribution in [0.15, 0.2) is 36.4 Å². The van der Waals surface area contributed by atoms with E-state index in [4.69, 9.17) is 29.2 Å². The second kappa shape index (κ2) is 17.3. The average molecular weight is 505 g/mol. The van der Waals surface area contributed by atoms with E-state index >= 15 is 0 Å². The van der Waals surface area contributed by atoms with Crippen LogP contribution in [0.2, 0.25) is 0 Å². The number of unbranched alkanes of at least 4 members (excludes halogenated alkanes) is 1. The monoisotopic (exact) mass is 504 g/mol. The van der Waals surface area contributed by atoms with Crippen LogP contribution in [0.25, 0.3) is 0 Å². The topological polar surface area (TPSA) is 112 Å². The van der Waals surface area contributed by atoms with Crippen LogP contribution in [-0.4, -0.2) is 49.0 Å². The number of rotatable bonds is 13. The number of aryl methyl sites for hydroxylation is 2. The molecule has 0 fully saturated rings. The maximum Gasteiger partial charge on any atom is 0.511 e. The first-order valence-electron chi connectivity index (χ1n) is 12.3. The number of ether oxygens (including phenoxy) is 4. The molecular weight excluding hydrogens is 464 g/mol. The summed E-state index contributed by atoms with van der Waals surface area (Å²) in [6, 6.07) is 10.9. The number of benzene rings is 2. The Balaban J connectivity index is 0.000000360. The molecule has 8 nitrogen and oxygen atoms in total. The summed E-state index contributed by atoms with van der Waals surface area (Å²) in [5, 5.41) is 17.3. The minimum absolute atomic E-state index is 0.390. The van der Waals surface area contributed by atoms with E-state index in [0.29, 0.717) is 50.1 Å². The summed E-state index contributed by atoms with van der Waals surface area (Å²) >= 11 is 0. The Bertz CT molecular complexity index is 939. The molecule has 0 aliphatic carbocycles. The van der Waals surface area contributed by atoms with Gasteiger partial charge >= 0.3 is 12.3 Å². The number of hydrogen-bond acceptors (Lipinski definition) is 6. The zero-order valence-corrected chi connectivity index (χ0v) is 22.0. The Morgan fingerprint density at radius 2 is 1.25 bits per heavy atom. The van der Waals surface area contributed by atoms with Crippen LogP contribution in [0.4, 0.5) is 9.59 Å². The lowest BCUT2D eigenvalue weighted by Crippen LogP contribution is -2.09. The van der Waals surface area contributed by atoms with Gasteiger partial charge in [-0.15, -0.1) is 0 Å². The molecule has 200 valence electrons. The largest absolute Gasteiger partial charge is 0.511 e. The van der Waals surface area contributed by atoms with E-state index in [1.807, 2.05) is 38.1 Å². The van der Waals surface area contributed by atoms with Crippen LogP contribution >= 0.6 is 0 Å². The van der Waals surface area contributed by atoms with E-state index in [-0.39, 0.29) is 0 Å². The van der Waals surface area contributed by atoms with Gasteiger partial charge in [0.1, 0.15) is 11.5 Å². The second-order valence-corrected chi connectivity index (χ2v) is 8.89. The fourth-order valence-electron chi connectivity index (χ4n) is 3.23. The highest BCUT2D eigenvalue weighted by Gasteiger charge is 2.09. The van der Waals surface area contributed by atoms with Gasteiger partial charge in [0.15, 0.2) is 0 Å². The number of hydrogen-bond donors (Lipinski definition) is 2. The van der Waals surface area contributed by atoms with Gasteiger partial charge in [0.05, 0.1) is 13.2 Å². The standard InChI is InChI=1S/2C14H20O4/c1-10(2)9-17-7-6-12-8-11(3)4-5-13(12)18-14(15)16;1-3-4-8-17-9-7-12-10-11(2)5-6-13(12)18-14(15)16/h4-5,8,10H,6-7,9H2,1-3H3,(H,15,16);5-6,10H,3-4,7-9H2,1-2H3,(H,15,16). The first kappa shape index (κ1) is 30.9. The molecule has 2 N–H and O–H groups in total. The van der Waals surface area contributed by atoms with Crippen molar-refractivity contribution in [3.8, 4) is 11.5 Å². The predicted octanol–water partition coefficient (Wildman–Crippen LogP) is 6.68. The lowest BCUT2D eigenvalue weighted by molar-refractivity contribution is 0.111. The molecular formula is C28H40O8. The van der Waals surface area contributed by atoms with Gasteiger partial charge in [-0.25, -0.2) is 9.59 Å². The summed E-state index contributed by atoms with van der Waals surface area (Å²) in [7, 11) is 0. The van der Waals surface area contributed by atoms with Crippen LogP contribution in [0, 0.1) is 19.8 Å². The highest BCUT2D eigenvalue weighted by atomic mass is 16.7. The number of carbonyl (C=O) groups is 2. The van der Waals surface area contributed by atoms with E-state index in [1.54, 1.807) is 12.1 Å². The normalized spacial score (nSPS) is 10.5. The van der Waals surface area contributed by atoms with Crippen molar-refractivity contribution in [2.75, 3.05) is 26.4 Å². The maximum atomic E-state index is 10.6. The van der Waals surface area contributed by atoms with E-state index in [0.717, 1.165) is 41.7 Å². The lowest BCUT2D eigenvalue weighted by Gasteiger charge is -2.10. The molecule has 2 rings (SSSR count). The molecule has 2 aromatic rings. The van der Waals surface area contributed by atoms with Crippen molar-refractivity contribution in [3.05, 3.63) is 58.7 Å². The molecule has 8 heteroatoms. The van der Waals surface area contributed by atoms with Crippen molar-refractivity contribution in [1.29, 1.82) is 0 Å². The van der Waals surface area contributed by atoms with E-state index in [9.17, 15) is 9.59 Å². The SMILES string of the molecule is CCCCOCCc1cc(C)ccc1OC(=O)O.Cc1ccc(OC(=O)O)c(CCOCC(C)C)c1. The van der Waals surface area contributed by atoms with Crippen LogP contribution in [-0.2, 0) is 22.3 Å². The van der Waals surface area contributed by atoms with Crippen molar-refractivity contribution in [1.82, 2.24) is 0 Å². The Morgan fingerprint density at radius 1 is 0.778 bits per heavy atom. The highest BCUT2D eigenvalue weighted by Crippen LogP contribution is 2.22. The number of carboxylic acid groups (broad SMARTS) is 2. The lowest BCUT2D eigenvalue weighted by atomic mass is 10.1. The van der Waals surface area contributed by atoms with Gasteiger partial charge in [-0.2, -0.15) is 0 Å². The molecule has 0 bridgehead atoms. The van der Waals surface area contributed by atoms with Gasteiger partial charge in [-0.3, -0.25) is 0 Å². The molecule has 36 heavy (non-hydrogen) atoms. The summed E-state index contributed by atoms with van der Waals surface area (Å²) in [6.45, 7) is 12.8. The zero-order valence-electron chi connectivity index (χ0n) is 22.0. The minimum Gasteiger partial charge on any atom is -0.449 e. The molecule has 0 unspecified atom stereocenters. The maximum absolute atomic E-state index is 10.6. The molecule has 0 saturated carbocycles. The molecule has 0 aromatic heterocycles. The third kappa shape index (κ3) is 13.7. The van der Waals surface area contributed by atoms with E-state index in [1.165, 1.54) is 0 Å². The molecule has 0 radical (unpaired) electrons. The summed E-state index contributed by atoms with van der Waals surface area (Å²) in [4.78, 5) is 21.1. The second-order valence-electron chi connectivity index (χ2n) is 8.89. The van der Waals surface area contributed by atoms with Crippen molar-refractivity contribution < 1.29 is 38.7 Å². The molecule has 0 saturated heterocycles. The first-order chi connectivity index (χ1) is 17.1. The van der Waals surface area contributed by atoms with Gasteiger partial charge < -0.3 is 29.2 Å². The van der Waals surface area contributed by atoms with Crippen molar-refractivity contribution in [3.63, 3.8) is 0 Å². The van der Waals surface area contributed by atoms with E-state index in [2.05, 4.69) is 20.8 Å².